The molecule has 2 rings (SSSR count). The summed E-state index contributed by atoms with van der Waals surface area (Å²) in [6.07, 6.45) is -1.94. The zero-order valence-electron chi connectivity index (χ0n) is 10.2. The Kier molecular flexibility index (Phi) is 4.39. The number of benzene rings is 1. The Balaban J connectivity index is 2.37. The summed E-state index contributed by atoms with van der Waals surface area (Å²) in [6.45, 7) is 0. The molecule has 0 saturated carbocycles. The van der Waals surface area contributed by atoms with Gasteiger partial charge in [-0.25, -0.2) is 4.79 Å². The molecule has 0 fully saturated rings. The molecule has 1 N–H and O–H groups in total. The molecule has 2 aromatic rings. The van der Waals surface area contributed by atoms with E-state index in [-0.39, 0.29) is 5.69 Å². The van der Waals surface area contributed by atoms with Gasteiger partial charge in [-0.05, 0) is 29.8 Å². The van der Waals surface area contributed by atoms with E-state index >= 15 is 0 Å². The van der Waals surface area contributed by atoms with Gasteiger partial charge < -0.3 is 4.98 Å². The van der Waals surface area contributed by atoms with Crippen molar-refractivity contribution < 1.29 is 13.2 Å². The standard InChI is InChI=1S/C13H7Cl2F3N2O/c14-8-3-1-7(10(15)5-8)2-4-9-6-11(13(16,17)18)20-12(21)19-9/h1-6H,(H,19,20,21)/b4-2+. The molecule has 0 radical (unpaired) electrons. The van der Waals surface area contributed by atoms with Crippen LogP contribution in [-0.2, 0) is 6.18 Å². The van der Waals surface area contributed by atoms with E-state index in [2.05, 4.69) is 4.98 Å². The Morgan fingerprint density at radius 2 is 1.86 bits per heavy atom. The number of rotatable bonds is 2. The van der Waals surface area contributed by atoms with Gasteiger partial charge in [-0.15, -0.1) is 0 Å². The molecule has 0 atom stereocenters. The first kappa shape index (κ1) is 15.6. The highest BCUT2D eigenvalue weighted by molar-refractivity contribution is 6.35. The smallest absolute Gasteiger partial charge is 0.302 e. The molecule has 1 aromatic heterocycles. The lowest BCUT2D eigenvalue weighted by Gasteiger charge is -2.05. The number of halogens is 5. The first-order valence-corrected chi connectivity index (χ1v) is 6.33. The summed E-state index contributed by atoms with van der Waals surface area (Å²) in [7, 11) is 0. The van der Waals surface area contributed by atoms with Crippen molar-refractivity contribution in [2.75, 3.05) is 0 Å². The Morgan fingerprint density at radius 3 is 2.48 bits per heavy atom. The van der Waals surface area contributed by atoms with E-state index < -0.39 is 17.6 Å². The Bertz CT molecular complexity index is 754. The van der Waals surface area contributed by atoms with E-state index in [1.54, 1.807) is 17.1 Å². The summed E-state index contributed by atoms with van der Waals surface area (Å²) in [4.78, 5) is 16.2. The number of aromatic amines is 1. The summed E-state index contributed by atoms with van der Waals surface area (Å²) < 4.78 is 37.7. The lowest BCUT2D eigenvalue weighted by molar-refractivity contribution is -0.141. The van der Waals surface area contributed by atoms with Crippen molar-refractivity contribution in [2.24, 2.45) is 0 Å². The van der Waals surface area contributed by atoms with E-state index in [0.29, 0.717) is 15.6 Å². The summed E-state index contributed by atoms with van der Waals surface area (Å²) in [6, 6.07) is 5.41. The summed E-state index contributed by atoms with van der Waals surface area (Å²) in [5.74, 6) is 0. The number of nitrogens with zero attached hydrogens (tertiary/aromatic N) is 1. The predicted molar refractivity (Wildman–Crippen MR) is 75.2 cm³/mol. The SMILES string of the molecule is O=c1nc(/C=C/c2ccc(Cl)cc2Cl)cc(C(F)(F)F)[nH]1. The number of nitrogens with one attached hydrogen (secondary N) is 1. The minimum Gasteiger partial charge on any atom is -0.302 e. The van der Waals surface area contributed by atoms with Gasteiger partial charge in [0.05, 0.1) is 5.69 Å². The normalized spacial score (nSPS) is 12.0. The highest BCUT2D eigenvalue weighted by Crippen LogP contribution is 2.27. The lowest BCUT2D eigenvalue weighted by Crippen LogP contribution is -2.19. The molecule has 0 amide bonds. The molecule has 0 saturated heterocycles. The van der Waals surface area contributed by atoms with Gasteiger partial charge in [0, 0.05) is 10.0 Å². The van der Waals surface area contributed by atoms with Crippen LogP contribution >= 0.6 is 23.2 Å². The maximum Gasteiger partial charge on any atom is 0.431 e. The van der Waals surface area contributed by atoms with Gasteiger partial charge in [0.1, 0.15) is 5.69 Å². The third-order valence-corrected chi connectivity index (χ3v) is 3.03. The third kappa shape index (κ3) is 4.09. The fourth-order valence-electron chi connectivity index (χ4n) is 1.53. The van der Waals surface area contributed by atoms with Crippen LogP contribution in [0, 0.1) is 0 Å². The number of aromatic nitrogens is 2. The molecule has 0 spiro atoms. The number of hydrogen-bond donors (Lipinski definition) is 1. The highest BCUT2D eigenvalue weighted by Gasteiger charge is 2.32. The fraction of sp³-hybridized carbons (Fsp3) is 0.0769. The maximum absolute atomic E-state index is 12.6. The van der Waals surface area contributed by atoms with Crippen LogP contribution in [0.3, 0.4) is 0 Å². The van der Waals surface area contributed by atoms with Crippen LogP contribution in [0.4, 0.5) is 13.2 Å². The summed E-state index contributed by atoms with van der Waals surface area (Å²) >= 11 is 11.7. The van der Waals surface area contributed by atoms with E-state index in [9.17, 15) is 18.0 Å². The van der Waals surface area contributed by atoms with Crippen molar-refractivity contribution in [2.45, 2.75) is 6.18 Å². The Labute approximate surface area is 127 Å². The minimum atomic E-state index is -4.65. The van der Waals surface area contributed by atoms with Gasteiger partial charge in [-0.2, -0.15) is 18.2 Å². The Hall–Kier alpha value is -1.79. The zero-order chi connectivity index (χ0) is 15.6. The van der Waals surface area contributed by atoms with Crippen LogP contribution in [0.15, 0.2) is 29.1 Å². The van der Waals surface area contributed by atoms with Crippen LogP contribution in [0.5, 0.6) is 0 Å². The van der Waals surface area contributed by atoms with Crippen LogP contribution in [0.2, 0.25) is 10.0 Å². The zero-order valence-corrected chi connectivity index (χ0v) is 11.7. The molecule has 0 aliphatic heterocycles. The first-order chi connectivity index (χ1) is 9.75. The quantitative estimate of drug-likeness (QED) is 0.891. The van der Waals surface area contributed by atoms with Gasteiger partial charge in [0.25, 0.3) is 0 Å². The molecule has 0 aliphatic rings. The van der Waals surface area contributed by atoms with Crippen molar-refractivity contribution >= 4 is 35.4 Å². The van der Waals surface area contributed by atoms with E-state index in [1.165, 1.54) is 18.2 Å². The molecular weight excluding hydrogens is 328 g/mol. The van der Waals surface area contributed by atoms with E-state index in [4.69, 9.17) is 23.2 Å². The van der Waals surface area contributed by atoms with Crippen molar-refractivity contribution in [3.8, 4) is 0 Å². The highest BCUT2D eigenvalue weighted by atomic mass is 35.5. The van der Waals surface area contributed by atoms with E-state index in [0.717, 1.165) is 6.07 Å². The molecule has 8 heteroatoms. The van der Waals surface area contributed by atoms with Gasteiger partial charge in [0.15, 0.2) is 0 Å². The topological polar surface area (TPSA) is 45.8 Å². The third-order valence-electron chi connectivity index (χ3n) is 2.47. The van der Waals surface area contributed by atoms with Gasteiger partial charge >= 0.3 is 11.9 Å². The molecule has 1 heterocycles. The van der Waals surface area contributed by atoms with Crippen molar-refractivity contribution in [1.82, 2.24) is 9.97 Å². The second-order valence-electron chi connectivity index (χ2n) is 4.02. The summed E-state index contributed by atoms with van der Waals surface area (Å²) in [5, 5.41) is 0.769. The molecule has 110 valence electrons. The first-order valence-electron chi connectivity index (χ1n) is 5.57. The molecule has 0 bridgehead atoms. The van der Waals surface area contributed by atoms with Gasteiger partial charge in [-0.1, -0.05) is 35.3 Å². The van der Waals surface area contributed by atoms with Gasteiger partial charge in [-0.3, -0.25) is 0 Å². The molecule has 1 aromatic carbocycles. The second kappa shape index (κ2) is 5.91. The maximum atomic E-state index is 12.6. The van der Waals surface area contributed by atoms with Crippen molar-refractivity contribution in [3.63, 3.8) is 0 Å². The molecule has 0 unspecified atom stereocenters. The van der Waals surface area contributed by atoms with Crippen LogP contribution in [0.25, 0.3) is 12.2 Å². The Morgan fingerprint density at radius 1 is 1.14 bits per heavy atom. The number of H-pyrrole nitrogens is 1. The van der Waals surface area contributed by atoms with Crippen LogP contribution in [-0.4, -0.2) is 9.97 Å². The molecule has 21 heavy (non-hydrogen) atoms. The summed E-state index contributed by atoms with van der Waals surface area (Å²) in [5.41, 5.74) is -1.83. The number of hydrogen-bond acceptors (Lipinski definition) is 2. The average Bonchev–Trinajstić information content (AvgIpc) is 2.36. The number of alkyl halides is 3. The molecule has 3 nitrogen and oxygen atoms in total. The van der Waals surface area contributed by atoms with Crippen molar-refractivity contribution in [1.29, 1.82) is 0 Å². The van der Waals surface area contributed by atoms with Gasteiger partial charge in [0.2, 0.25) is 0 Å². The second-order valence-corrected chi connectivity index (χ2v) is 4.87. The van der Waals surface area contributed by atoms with E-state index in [1.807, 2.05) is 0 Å². The predicted octanol–water partition coefficient (Wildman–Crippen LogP) is 4.27. The fourth-order valence-corrected chi connectivity index (χ4v) is 2.00. The average molecular weight is 335 g/mol. The largest absolute Gasteiger partial charge is 0.431 e. The van der Waals surface area contributed by atoms with Crippen LogP contribution in [0.1, 0.15) is 17.0 Å². The lowest BCUT2D eigenvalue weighted by atomic mass is 10.2. The monoisotopic (exact) mass is 334 g/mol. The van der Waals surface area contributed by atoms with Crippen LogP contribution < -0.4 is 5.69 Å². The minimum absolute atomic E-state index is 0.128. The molecular formula is C13H7Cl2F3N2O. The van der Waals surface area contributed by atoms with Crippen molar-refractivity contribution in [3.05, 3.63) is 61.7 Å². The molecule has 0 aliphatic carbocycles.